The molecule has 2 aromatic rings. The van der Waals surface area contributed by atoms with Gasteiger partial charge in [-0.15, -0.1) is 0 Å². The first-order chi connectivity index (χ1) is 10.6. The molecule has 0 fully saturated rings. The summed E-state index contributed by atoms with van der Waals surface area (Å²) in [5.41, 5.74) is 2.11. The number of hydrogen-bond donors (Lipinski definition) is 1. The Morgan fingerprint density at radius 3 is 2.73 bits per heavy atom. The van der Waals surface area contributed by atoms with Crippen LogP contribution in [0, 0.1) is 5.82 Å². The molecule has 0 saturated carbocycles. The summed E-state index contributed by atoms with van der Waals surface area (Å²) in [7, 11) is 0. The van der Waals surface area contributed by atoms with E-state index in [0.29, 0.717) is 5.69 Å². The Morgan fingerprint density at radius 2 is 1.95 bits per heavy atom. The summed E-state index contributed by atoms with van der Waals surface area (Å²) >= 11 is 0. The summed E-state index contributed by atoms with van der Waals surface area (Å²) in [6.07, 6.45) is 3.85. The smallest absolute Gasteiger partial charge is 0.267 e. The third-order valence-electron chi connectivity index (χ3n) is 3.70. The van der Waals surface area contributed by atoms with E-state index in [4.69, 9.17) is 0 Å². The first-order valence-corrected chi connectivity index (χ1v) is 7.27. The van der Waals surface area contributed by atoms with Crippen LogP contribution >= 0.6 is 0 Å². The quantitative estimate of drug-likeness (QED) is 0.941. The highest BCUT2D eigenvalue weighted by molar-refractivity contribution is 5.90. The third kappa shape index (κ3) is 3.21. The molecule has 1 aromatic carbocycles. The average Bonchev–Trinajstić information content (AvgIpc) is 2.50. The van der Waals surface area contributed by atoms with Gasteiger partial charge in [0.1, 0.15) is 12.4 Å². The van der Waals surface area contributed by atoms with Gasteiger partial charge in [0.25, 0.3) is 5.56 Å². The Hall–Kier alpha value is -2.50. The molecule has 22 heavy (non-hydrogen) atoms. The summed E-state index contributed by atoms with van der Waals surface area (Å²) < 4.78 is 14.0. The maximum Gasteiger partial charge on any atom is 0.267 e. The minimum absolute atomic E-state index is 0.149. The molecule has 6 heteroatoms. The molecule has 114 valence electrons. The number of nitrogens with zero attached hydrogens (tertiary/aromatic N) is 2. The fraction of sp³-hybridized carbons (Fsp3) is 0.312. The Kier molecular flexibility index (Phi) is 4.00. The number of nitrogens with one attached hydrogen (secondary N) is 1. The number of fused-ring (bicyclic) bond motifs is 1. The van der Waals surface area contributed by atoms with Crippen molar-refractivity contribution in [1.82, 2.24) is 9.78 Å². The predicted molar refractivity (Wildman–Crippen MR) is 80.2 cm³/mol. The molecule has 1 aliphatic carbocycles. The summed E-state index contributed by atoms with van der Waals surface area (Å²) in [4.78, 5) is 24.0. The van der Waals surface area contributed by atoms with Crippen molar-refractivity contribution in [2.45, 2.75) is 32.2 Å². The second-order valence-electron chi connectivity index (χ2n) is 5.37. The van der Waals surface area contributed by atoms with E-state index in [2.05, 4.69) is 10.4 Å². The van der Waals surface area contributed by atoms with E-state index in [9.17, 15) is 14.0 Å². The van der Waals surface area contributed by atoms with Crippen molar-refractivity contribution in [3.05, 3.63) is 57.8 Å². The number of amides is 1. The molecule has 1 aliphatic rings. The van der Waals surface area contributed by atoms with E-state index in [1.165, 1.54) is 28.9 Å². The number of anilines is 1. The van der Waals surface area contributed by atoms with Crippen molar-refractivity contribution in [3.8, 4) is 0 Å². The van der Waals surface area contributed by atoms with Gasteiger partial charge >= 0.3 is 0 Å². The maximum atomic E-state index is 12.8. The highest BCUT2D eigenvalue weighted by atomic mass is 19.1. The number of aryl methyl sites for hydroxylation is 2. The fourth-order valence-electron chi connectivity index (χ4n) is 2.58. The van der Waals surface area contributed by atoms with E-state index in [0.717, 1.165) is 36.9 Å². The van der Waals surface area contributed by atoms with Gasteiger partial charge in [-0.3, -0.25) is 9.59 Å². The second-order valence-corrected chi connectivity index (χ2v) is 5.37. The first kappa shape index (κ1) is 14.4. The van der Waals surface area contributed by atoms with E-state index in [-0.39, 0.29) is 23.8 Å². The number of carbonyl (C=O) groups is 1. The lowest BCUT2D eigenvalue weighted by Crippen LogP contribution is -2.31. The average molecular weight is 301 g/mol. The van der Waals surface area contributed by atoms with E-state index >= 15 is 0 Å². The Bertz CT molecular complexity index is 753. The Balaban J connectivity index is 1.73. The zero-order valence-electron chi connectivity index (χ0n) is 12.0. The van der Waals surface area contributed by atoms with Gasteiger partial charge in [-0.25, -0.2) is 9.07 Å². The summed E-state index contributed by atoms with van der Waals surface area (Å²) in [6.45, 7) is -0.149. The van der Waals surface area contributed by atoms with Gasteiger partial charge in [0.2, 0.25) is 5.91 Å². The van der Waals surface area contributed by atoms with Crippen molar-refractivity contribution in [2.75, 3.05) is 5.32 Å². The lowest BCUT2D eigenvalue weighted by molar-refractivity contribution is -0.117. The maximum absolute atomic E-state index is 12.8. The monoisotopic (exact) mass is 301 g/mol. The standard InChI is InChI=1S/C16H16FN3O2/c17-12-5-7-13(8-6-12)18-15(21)10-20-16(22)9-11-3-1-2-4-14(11)19-20/h5-9H,1-4,10H2,(H,18,21). The lowest BCUT2D eigenvalue weighted by Gasteiger charge is -2.15. The van der Waals surface area contributed by atoms with Crippen LogP contribution in [0.15, 0.2) is 35.1 Å². The van der Waals surface area contributed by atoms with E-state index < -0.39 is 0 Å². The van der Waals surface area contributed by atoms with Crippen molar-refractivity contribution < 1.29 is 9.18 Å². The number of rotatable bonds is 3. The highest BCUT2D eigenvalue weighted by Crippen LogP contribution is 2.16. The van der Waals surface area contributed by atoms with E-state index in [1.807, 2.05) is 0 Å². The molecular formula is C16H16FN3O2. The van der Waals surface area contributed by atoms with Crippen LogP contribution in [0.3, 0.4) is 0 Å². The minimum Gasteiger partial charge on any atom is -0.324 e. The minimum atomic E-state index is -0.370. The molecule has 0 aliphatic heterocycles. The fourth-order valence-corrected chi connectivity index (χ4v) is 2.58. The Morgan fingerprint density at radius 1 is 1.23 bits per heavy atom. The van der Waals surface area contributed by atoms with Crippen LogP contribution in [0.25, 0.3) is 0 Å². The largest absolute Gasteiger partial charge is 0.324 e. The molecular weight excluding hydrogens is 285 g/mol. The molecule has 0 saturated heterocycles. The zero-order valence-corrected chi connectivity index (χ0v) is 12.0. The molecule has 1 N–H and O–H groups in total. The van der Waals surface area contributed by atoms with Crippen molar-refractivity contribution in [1.29, 1.82) is 0 Å². The number of aromatic nitrogens is 2. The van der Waals surface area contributed by atoms with Crippen molar-refractivity contribution in [3.63, 3.8) is 0 Å². The molecule has 1 amide bonds. The van der Waals surface area contributed by atoms with Crippen molar-refractivity contribution >= 4 is 11.6 Å². The van der Waals surface area contributed by atoms with Crippen LogP contribution in [0.5, 0.6) is 0 Å². The molecule has 0 atom stereocenters. The zero-order chi connectivity index (χ0) is 15.5. The molecule has 0 bridgehead atoms. The normalized spacial score (nSPS) is 13.5. The van der Waals surface area contributed by atoms with Gasteiger partial charge in [-0.2, -0.15) is 5.10 Å². The van der Waals surface area contributed by atoms with Crippen LogP contribution in [-0.2, 0) is 24.2 Å². The molecule has 1 aromatic heterocycles. The molecule has 1 heterocycles. The van der Waals surface area contributed by atoms with Crippen LogP contribution in [-0.4, -0.2) is 15.7 Å². The third-order valence-corrected chi connectivity index (χ3v) is 3.70. The van der Waals surface area contributed by atoms with Crippen LogP contribution in [0.2, 0.25) is 0 Å². The number of halogens is 1. The van der Waals surface area contributed by atoms with Crippen LogP contribution < -0.4 is 10.9 Å². The lowest BCUT2D eigenvalue weighted by atomic mass is 9.97. The van der Waals surface area contributed by atoms with Crippen molar-refractivity contribution in [2.24, 2.45) is 0 Å². The van der Waals surface area contributed by atoms with Crippen LogP contribution in [0.1, 0.15) is 24.1 Å². The summed E-state index contributed by atoms with van der Waals surface area (Å²) in [5, 5.41) is 6.91. The molecule has 5 nitrogen and oxygen atoms in total. The predicted octanol–water partition coefficient (Wildman–Crippen LogP) is 1.90. The van der Waals surface area contributed by atoms with Gasteiger partial charge in [0.15, 0.2) is 0 Å². The molecule has 0 spiro atoms. The number of carbonyl (C=O) groups excluding carboxylic acids is 1. The topological polar surface area (TPSA) is 64.0 Å². The first-order valence-electron chi connectivity index (χ1n) is 7.27. The van der Waals surface area contributed by atoms with Gasteiger partial charge in [0.05, 0.1) is 5.69 Å². The summed E-state index contributed by atoms with van der Waals surface area (Å²) in [5.74, 6) is -0.734. The Labute approximate surface area is 126 Å². The van der Waals surface area contributed by atoms with E-state index in [1.54, 1.807) is 6.07 Å². The second kappa shape index (κ2) is 6.09. The molecule has 0 unspecified atom stereocenters. The molecule has 3 rings (SSSR count). The van der Waals surface area contributed by atoms with Crippen LogP contribution in [0.4, 0.5) is 10.1 Å². The summed E-state index contributed by atoms with van der Waals surface area (Å²) in [6, 6.07) is 7.04. The van der Waals surface area contributed by atoms with Gasteiger partial charge in [-0.1, -0.05) is 0 Å². The SMILES string of the molecule is O=C(Cn1nc2c(cc1=O)CCCC2)Nc1ccc(F)cc1. The highest BCUT2D eigenvalue weighted by Gasteiger charge is 2.14. The van der Waals surface area contributed by atoms with Gasteiger partial charge in [-0.05, 0) is 55.5 Å². The van der Waals surface area contributed by atoms with Gasteiger partial charge in [0, 0.05) is 11.8 Å². The number of hydrogen-bond acceptors (Lipinski definition) is 3. The number of benzene rings is 1. The van der Waals surface area contributed by atoms with Gasteiger partial charge < -0.3 is 5.32 Å². The molecule has 0 radical (unpaired) electrons.